The Morgan fingerprint density at radius 2 is 0.906 bits per heavy atom. The summed E-state index contributed by atoms with van der Waals surface area (Å²) in [4.78, 5) is 25.4. The second-order valence-corrected chi connectivity index (χ2v) is 11.7. The number of carbonyl (C=O) groups excluding carboxylic acids is 2. The molecule has 0 aliphatic rings. The number of hydrogen-bond donors (Lipinski definition) is 0. The van der Waals surface area contributed by atoms with Gasteiger partial charge in [-0.25, -0.2) is 0 Å². The third-order valence-corrected chi connectivity index (χ3v) is 7.15. The molecule has 0 bridgehead atoms. The van der Waals surface area contributed by atoms with E-state index in [0.717, 1.165) is 38.5 Å². The smallest absolute Gasteiger partial charge is 1.00 e. The van der Waals surface area contributed by atoms with Gasteiger partial charge in [0, 0.05) is 10.8 Å². The van der Waals surface area contributed by atoms with Crippen molar-refractivity contribution in [3.8, 4) is 0 Å². The number of carbonyl (C=O) groups is 2. The maximum absolute atomic E-state index is 12.7. The monoisotopic (exact) mass is 480 g/mol. The molecule has 0 aromatic carbocycles. The first-order chi connectivity index (χ1) is 14.1. The van der Waals surface area contributed by atoms with Crippen LogP contribution >= 0.6 is 0 Å². The predicted molar refractivity (Wildman–Crippen MR) is 131 cm³/mol. The van der Waals surface area contributed by atoms with Crippen LogP contribution in [0.1, 0.15) is 141 Å². The van der Waals surface area contributed by atoms with E-state index < -0.39 is 23.1 Å². The van der Waals surface area contributed by atoms with Crippen LogP contribution in [0.5, 0.6) is 0 Å². The summed E-state index contributed by atoms with van der Waals surface area (Å²) in [6.07, 6.45) is 10.3. The molecule has 0 aromatic rings. The van der Waals surface area contributed by atoms with Gasteiger partial charge in [0.1, 0.15) is 17.6 Å². The van der Waals surface area contributed by atoms with E-state index in [9.17, 15) is 9.59 Å². The molecule has 0 amide bonds. The van der Waals surface area contributed by atoms with Gasteiger partial charge in [-0.2, -0.15) is 0 Å². The molecule has 186 valence electrons. The summed E-state index contributed by atoms with van der Waals surface area (Å²) < 4.78 is 11.9. The molecule has 0 aromatic heterocycles. The zero-order valence-corrected chi connectivity index (χ0v) is 26.5. The molecule has 2 unspecified atom stereocenters. The summed E-state index contributed by atoms with van der Waals surface area (Å²) in [7, 11) is 0. The van der Waals surface area contributed by atoms with Crippen LogP contribution in [0.2, 0.25) is 0 Å². The number of esters is 2. The number of rotatable bonds is 14. The summed E-state index contributed by atoms with van der Waals surface area (Å²) in [6.45, 7) is 20.9. The molecule has 0 saturated heterocycles. The molecular formula is C27H53KO4. The molecule has 0 saturated carbocycles. The van der Waals surface area contributed by atoms with Crippen molar-refractivity contribution < 1.29 is 71.9 Å². The Hall–Kier alpha value is 0.576. The van der Waals surface area contributed by atoms with Gasteiger partial charge in [-0.1, -0.05) is 93.9 Å². The Balaban J connectivity index is -0.00000450. The molecular weight excluding hydrogens is 427 g/mol. The van der Waals surface area contributed by atoms with E-state index in [2.05, 4.69) is 55.4 Å². The second-order valence-electron chi connectivity index (χ2n) is 11.7. The third kappa shape index (κ3) is 12.3. The minimum Gasteiger partial charge on any atom is -1.00 e. The van der Waals surface area contributed by atoms with Gasteiger partial charge in [-0.05, 0) is 39.5 Å². The van der Waals surface area contributed by atoms with Gasteiger partial charge in [-0.15, -0.1) is 0 Å². The summed E-state index contributed by atoms with van der Waals surface area (Å²) in [5.74, 6) is -0.972. The number of hydrogen-bond acceptors (Lipinski definition) is 4. The van der Waals surface area contributed by atoms with E-state index in [1.807, 2.05) is 13.8 Å². The molecule has 0 aliphatic heterocycles. The van der Waals surface area contributed by atoms with E-state index in [1.165, 1.54) is 25.7 Å². The van der Waals surface area contributed by atoms with Crippen LogP contribution < -0.4 is 51.4 Å². The largest absolute Gasteiger partial charge is 1.00 e. The quantitative estimate of drug-likeness (QED) is 0.150. The van der Waals surface area contributed by atoms with Gasteiger partial charge in [0.15, 0.2) is 0 Å². The maximum Gasteiger partial charge on any atom is 1.00 e. The maximum atomic E-state index is 12.7. The van der Waals surface area contributed by atoms with Crippen LogP contribution in [-0.4, -0.2) is 23.1 Å². The molecule has 2 atom stereocenters. The fourth-order valence-corrected chi connectivity index (χ4v) is 3.63. The Morgan fingerprint density at radius 1 is 0.594 bits per heavy atom. The Labute approximate surface area is 243 Å². The normalized spacial score (nSPS) is 15.8. The molecule has 0 heterocycles. The van der Waals surface area contributed by atoms with Crippen molar-refractivity contribution in [2.45, 2.75) is 151 Å². The van der Waals surface area contributed by atoms with Crippen molar-refractivity contribution >= 4 is 11.9 Å². The summed E-state index contributed by atoms with van der Waals surface area (Å²) >= 11 is 0. The minimum atomic E-state index is -0.606. The molecule has 0 radical (unpaired) electrons. The van der Waals surface area contributed by atoms with E-state index in [4.69, 9.17) is 9.47 Å². The van der Waals surface area contributed by atoms with Gasteiger partial charge < -0.3 is 10.9 Å². The van der Waals surface area contributed by atoms with Gasteiger partial charge in [0.05, 0.1) is 0 Å². The average molecular weight is 481 g/mol. The van der Waals surface area contributed by atoms with Gasteiger partial charge in [0.2, 0.25) is 0 Å². The Morgan fingerprint density at radius 3 is 1.16 bits per heavy atom. The molecule has 5 heteroatoms. The average Bonchev–Trinajstić information content (AvgIpc) is 2.60. The Kier molecular flexibility index (Phi) is 16.9. The Bertz CT molecular complexity index is 505. The van der Waals surface area contributed by atoms with Crippen molar-refractivity contribution in [3.63, 3.8) is 0 Å². The third-order valence-electron chi connectivity index (χ3n) is 7.15. The zero-order chi connectivity index (χ0) is 24.3. The first-order valence-electron chi connectivity index (χ1n) is 12.6. The molecule has 0 rings (SSSR count). The minimum absolute atomic E-state index is 0. The van der Waals surface area contributed by atoms with Crippen molar-refractivity contribution in [1.82, 2.24) is 0 Å². The molecule has 4 nitrogen and oxygen atoms in total. The van der Waals surface area contributed by atoms with Crippen molar-refractivity contribution in [3.05, 3.63) is 0 Å². The van der Waals surface area contributed by atoms with Crippen LogP contribution in [0.15, 0.2) is 0 Å². The van der Waals surface area contributed by atoms with Crippen molar-refractivity contribution in [2.75, 3.05) is 0 Å². The van der Waals surface area contributed by atoms with Crippen molar-refractivity contribution in [2.24, 2.45) is 10.8 Å². The molecule has 0 fully saturated rings. The molecule has 0 spiro atoms. The van der Waals surface area contributed by atoms with E-state index in [-0.39, 0.29) is 70.1 Å². The molecule has 0 N–H and O–H groups in total. The van der Waals surface area contributed by atoms with E-state index >= 15 is 0 Å². The van der Waals surface area contributed by atoms with Gasteiger partial charge >= 0.3 is 63.3 Å². The summed E-state index contributed by atoms with van der Waals surface area (Å²) in [6, 6.07) is 0. The first kappa shape index (κ1) is 34.7. The fraction of sp³-hybridized carbons (Fsp3) is 0.926. The van der Waals surface area contributed by atoms with Crippen molar-refractivity contribution in [1.29, 1.82) is 0 Å². The number of unbranched alkanes of at least 4 members (excludes halogenated alkanes) is 6. The molecule has 32 heavy (non-hydrogen) atoms. The van der Waals surface area contributed by atoms with Crippen LogP contribution in [0.3, 0.4) is 0 Å². The molecule has 0 aliphatic carbocycles. The first-order valence-corrected chi connectivity index (χ1v) is 12.6. The number of ether oxygens (including phenoxy) is 2. The SMILES string of the molecule is CCCCCCC(C)(OC(=O)CC(=O)OC(C)(CCCCCC)C(C)(C)C)C(C)(C)C.[H-].[K+]. The van der Waals surface area contributed by atoms with Gasteiger partial charge in [-0.3, -0.25) is 9.59 Å². The van der Waals surface area contributed by atoms with Crippen LogP contribution in [-0.2, 0) is 19.1 Å². The predicted octanol–water partition coefficient (Wildman–Crippen LogP) is 5.13. The van der Waals surface area contributed by atoms with Crippen LogP contribution in [0, 0.1) is 10.8 Å². The summed E-state index contributed by atoms with van der Waals surface area (Å²) in [5, 5.41) is 0. The fourth-order valence-electron chi connectivity index (χ4n) is 3.63. The van der Waals surface area contributed by atoms with E-state index in [1.54, 1.807) is 0 Å². The second kappa shape index (κ2) is 15.5. The van der Waals surface area contributed by atoms with Crippen LogP contribution in [0.4, 0.5) is 0 Å². The van der Waals surface area contributed by atoms with E-state index in [0.29, 0.717) is 0 Å². The topological polar surface area (TPSA) is 52.6 Å². The summed E-state index contributed by atoms with van der Waals surface area (Å²) in [5.41, 5.74) is -1.63. The van der Waals surface area contributed by atoms with Crippen LogP contribution in [0.25, 0.3) is 0 Å². The van der Waals surface area contributed by atoms with Gasteiger partial charge in [0.25, 0.3) is 0 Å². The zero-order valence-electron chi connectivity index (χ0n) is 24.4. The standard InChI is InChI=1S/C27H52O4.K.H/c1-11-13-15-17-19-26(9,24(3,4)5)30-22(28)21-23(29)31-27(10,25(6,7)8)20-18-16-14-12-2;;/h11-21H2,1-10H3;;/q;+1;-1.